The Morgan fingerprint density at radius 3 is 0.708 bits per heavy atom. The predicted molar refractivity (Wildman–Crippen MR) is 55.3 cm³/mol. The summed E-state index contributed by atoms with van der Waals surface area (Å²) in [5, 5.41) is 27.7. The second-order valence-corrected chi connectivity index (χ2v) is 7.35. The van der Waals surface area contributed by atoms with Gasteiger partial charge in [0, 0.05) is 0 Å². The average Bonchev–Trinajstić information content (AvgIpc) is 2.07. The van der Waals surface area contributed by atoms with E-state index in [-0.39, 0.29) is 154 Å². The first-order chi connectivity index (χ1) is 9.10. The Labute approximate surface area is 263 Å². The maximum Gasteiger partial charge on any atom is 1.00 e. The Hall–Kier alpha value is 3.26. The van der Waals surface area contributed by atoms with E-state index in [2.05, 4.69) is 0 Å². The molecule has 0 aliphatic rings. The summed E-state index contributed by atoms with van der Waals surface area (Å²) in [6.07, 6.45) is 0. The van der Waals surface area contributed by atoms with Crippen molar-refractivity contribution in [3.8, 4) is 17.2 Å². The number of hydrogen-bond donors (Lipinski definition) is 3. The summed E-state index contributed by atoms with van der Waals surface area (Å²) < 4.78 is 97.1. The fraction of sp³-hybridized carbons (Fsp3) is 0. The molecule has 120 valence electrons. The molecule has 0 aliphatic heterocycles. The molecule has 18 heteroatoms. The molecule has 1 rings (SSSR count). The number of phenolic OH excluding ortho intramolecular Hbond substituents is 3. The molecule has 0 saturated carbocycles. The van der Waals surface area contributed by atoms with Gasteiger partial charge in [0.2, 0.25) is 0 Å². The van der Waals surface area contributed by atoms with Gasteiger partial charge in [-0.3, -0.25) is 0 Å². The van der Waals surface area contributed by atoms with Crippen molar-refractivity contribution in [3.63, 3.8) is 0 Å². The topological polar surface area (TPSA) is 232 Å². The molecule has 0 aromatic heterocycles. The van der Waals surface area contributed by atoms with E-state index in [1.54, 1.807) is 0 Å². The second-order valence-electron chi connectivity index (χ2n) is 3.40. The molecule has 0 fully saturated rings. The van der Waals surface area contributed by atoms with E-state index in [0.29, 0.717) is 0 Å². The first-order valence-corrected chi connectivity index (χ1v) is 8.51. The number of phenols is 3. The first kappa shape index (κ1) is 31.9. The molecule has 0 radical (unpaired) electrons. The Bertz CT molecular complexity index is 788. The SMILES string of the molecule is O=S(=O)([O-])c1c(O)c(S(=O)(=O)[O-])c(O)c(S(=O)(=O)[O-])c1O.[K+].[K+].[K+]. The fourth-order valence-corrected chi connectivity index (χ4v) is 3.58. The van der Waals surface area contributed by atoms with Gasteiger partial charge in [0.15, 0.2) is 17.2 Å². The van der Waals surface area contributed by atoms with Crippen molar-refractivity contribution in [1.29, 1.82) is 0 Å². The Morgan fingerprint density at radius 1 is 0.500 bits per heavy atom. The fourth-order valence-electron chi connectivity index (χ4n) is 1.36. The van der Waals surface area contributed by atoms with Crippen LogP contribution in [0.1, 0.15) is 0 Å². The summed E-state index contributed by atoms with van der Waals surface area (Å²) in [5.41, 5.74) is 0. The van der Waals surface area contributed by atoms with Crippen LogP contribution in [0, 0.1) is 0 Å². The van der Waals surface area contributed by atoms with Crippen LogP contribution in [-0.4, -0.2) is 54.2 Å². The van der Waals surface area contributed by atoms with Crippen molar-refractivity contribution in [2.24, 2.45) is 0 Å². The van der Waals surface area contributed by atoms with Crippen LogP contribution < -0.4 is 154 Å². The zero-order chi connectivity index (χ0) is 17.0. The molecule has 0 heterocycles. The van der Waals surface area contributed by atoms with Gasteiger partial charge < -0.3 is 29.0 Å². The van der Waals surface area contributed by atoms with E-state index in [9.17, 15) is 54.2 Å². The minimum atomic E-state index is -5.91. The van der Waals surface area contributed by atoms with Gasteiger partial charge in [-0.05, 0) is 0 Å². The molecule has 0 bridgehead atoms. The van der Waals surface area contributed by atoms with E-state index >= 15 is 0 Å². The predicted octanol–water partition coefficient (Wildman–Crippen LogP) is -11.5. The third-order valence-electron chi connectivity index (χ3n) is 2.04. The van der Waals surface area contributed by atoms with Crippen LogP contribution in [0.4, 0.5) is 0 Å². The number of aromatic hydroxyl groups is 3. The zero-order valence-electron chi connectivity index (χ0n) is 12.2. The number of rotatable bonds is 3. The van der Waals surface area contributed by atoms with Crippen molar-refractivity contribution in [3.05, 3.63) is 0 Å². The van der Waals surface area contributed by atoms with Gasteiger partial charge in [0.05, 0.1) is 0 Å². The molecule has 24 heavy (non-hydrogen) atoms. The van der Waals surface area contributed by atoms with E-state index < -0.39 is 62.3 Å². The van der Waals surface area contributed by atoms with Gasteiger partial charge in [-0.2, -0.15) is 0 Å². The van der Waals surface area contributed by atoms with Crippen LogP contribution in [0.2, 0.25) is 0 Å². The molecule has 3 N–H and O–H groups in total. The van der Waals surface area contributed by atoms with Crippen molar-refractivity contribution >= 4 is 30.4 Å². The zero-order valence-corrected chi connectivity index (χ0v) is 24.1. The summed E-state index contributed by atoms with van der Waals surface area (Å²) in [5.74, 6) is -6.62. The van der Waals surface area contributed by atoms with Gasteiger partial charge in [0.25, 0.3) is 0 Å². The smallest absolute Gasteiger partial charge is 0.744 e. The Kier molecular flexibility index (Phi) is 14.5. The minimum absolute atomic E-state index is 0. The van der Waals surface area contributed by atoms with Gasteiger partial charge in [-0.1, -0.05) is 0 Å². The summed E-state index contributed by atoms with van der Waals surface area (Å²) in [4.78, 5) is -6.74. The maximum atomic E-state index is 10.8. The van der Waals surface area contributed by atoms with Crippen LogP contribution in [0.25, 0.3) is 0 Å². The molecule has 1 aromatic carbocycles. The summed E-state index contributed by atoms with van der Waals surface area (Å²) in [6.45, 7) is 0. The maximum absolute atomic E-state index is 10.8. The second kappa shape index (κ2) is 10.9. The van der Waals surface area contributed by atoms with Crippen LogP contribution in [0.15, 0.2) is 14.7 Å². The van der Waals surface area contributed by atoms with Gasteiger partial charge in [-0.15, -0.1) is 0 Å². The quantitative estimate of drug-likeness (QED) is 0.270. The molecular weight excluding hydrogens is 478 g/mol. The summed E-state index contributed by atoms with van der Waals surface area (Å²) >= 11 is 0. The molecule has 0 amide bonds. The molecule has 12 nitrogen and oxygen atoms in total. The third-order valence-corrected chi connectivity index (χ3v) is 4.70. The number of hydrogen-bond acceptors (Lipinski definition) is 12. The molecular formula is C6H3K3O12S3. The molecule has 0 atom stereocenters. The summed E-state index contributed by atoms with van der Waals surface area (Å²) in [7, 11) is -17.7. The van der Waals surface area contributed by atoms with E-state index in [0.717, 1.165) is 0 Å². The van der Waals surface area contributed by atoms with Crippen molar-refractivity contribution < 1.29 is 208 Å². The standard InChI is InChI=1S/C6H6O12S3.3K/c7-1-4(19(10,11)12)2(8)6(21(16,17)18)3(9)5(1)20(13,14)15;;;/h7-9H,(H,10,11,12)(H,13,14,15)(H,16,17,18);;;/q;3*+1/p-3. The van der Waals surface area contributed by atoms with Crippen molar-refractivity contribution in [2.75, 3.05) is 0 Å². The molecule has 0 spiro atoms. The van der Waals surface area contributed by atoms with Gasteiger partial charge in [0.1, 0.15) is 45.0 Å². The van der Waals surface area contributed by atoms with Crippen molar-refractivity contribution in [2.45, 2.75) is 14.7 Å². The van der Waals surface area contributed by atoms with Crippen molar-refractivity contribution in [1.82, 2.24) is 0 Å². The third kappa shape index (κ3) is 7.26. The molecule has 0 unspecified atom stereocenters. The van der Waals surface area contributed by atoms with Crippen LogP contribution in [0.3, 0.4) is 0 Å². The van der Waals surface area contributed by atoms with Crippen LogP contribution in [0.5, 0.6) is 17.2 Å². The van der Waals surface area contributed by atoms with Gasteiger partial charge in [-0.25, -0.2) is 25.3 Å². The normalized spacial score (nSPS) is 11.6. The summed E-state index contributed by atoms with van der Waals surface area (Å²) in [6, 6.07) is 0. The molecule has 1 aromatic rings. The Morgan fingerprint density at radius 2 is 0.625 bits per heavy atom. The van der Waals surface area contributed by atoms with Crippen LogP contribution in [-0.2, 0) is 30.4 Å². The molecule has 0 aliphatic carbocycles. The van der Waals surface area contributed by atoms with E-state index in [4.69, 9.17) is 0 Å². The van der Waals surface area contributed by atoms with Crippen LogP contribution >= 0.6 is 0 Å². The van der Waals surface area contributed by atoms with E-state index in [1.165, 1.54) is 0 Å². The number of benzene rings is 1. The monoisotopic (exact) mass is 480 g/mol. The van der Waals surface area contributed by atoms with Gasteiger partial charge >= 0.3 is 154 Å². The Balaban J connectivity index is -0.00000147. The van der Waals surface area contributed by atoms with E-state index in [1.807, 2.05) is 0 Å². The largest absolute Gasteiger partial charge is 1.00 e. The first-order valence-electron chi connectivity index (χ1n) is 4.28. The average molecular weight is 481 g/mol. The minimum Gasteiger partial charge on any atom is -0.744 e. The molecule has 0 saturated heterocycles.